The predicted molar refractivity (Wildman–Crippen MR) is 197 cm³/mol. The molecule has 55 heavy (non-hydrogen) atoms. The van der Waals surface area contributed by atoms with Gasteiger partial charge < -0.3 is 10.4 Å². The van der Waals surface area contributed by atoms with Crippen LogP contribution in [0, 0.1) is 41.2 Å². The van der Waals surface area contributed by atoms with E-state index >= 15 is 8.78 Å². The number of sulfonamides is 1. The number of amides is 1. The maximum absolute atomic E-state index is 15.5. The van der Waals surface area contributed by atoms with Crippen LogP contribution < -0.4 is 10.0 Å². The first-order chi connectivity index (χ1) is 25.7. The summed E-state index contributed by atoms with van der Waals surface area (Å²) in [6, 6.07) is 7.88. The highest BCUT2D eigenvalue weighted by atomic mass is 35.5. The van der Waals surface area contributed by atoms with Gasteiger partial charge in [0.1, 0.15) is 41.1 Å². The Morgan fingerprint density at radius 3 is 2.42 bits per heavy atom. The summed E-state index contributed by atoms with van der Waals surface area (Å²) in [5.41, 5.74) is -0.490. The average molecular weight is 815 g/mol. The van der Waals surface area contributed by atoms with Crippen molar-refractivity contribution in [2.45, 2.75) is 50.3 Å². The molecule has 7 rings (SSSR count). The maximum Gasteiger partial charge on any atom is 0.304 e. The molecular formula is C37H29Cl2F4N7O4S. The highest BCUT2D eigenvalue weighted by Crippen LogP contribution is 2.57. The molecule has 0 radical (unpaired) electrons. The van der Waals surface area contributed by atoms with Gasteiger partial charge >= 0.3 is 5.92 Å². The van der Waals surface area contributed by atoms with E-state index in [0.29, 0.717) is 22.7 Å². The van der Waals surface area contributed by atoms with E-state index in [1.165, 1.54) is 30.7 Å². The highest BCUT2D eigenvalue weighted by molar-refractivity contribution is 7.92. The van der Waals surface area contributed by atoms with E-state index in [1.807, 2.05) is 0 Å². The van der Waals surface area contributed by atoms with E-state index in [2.05, 4.69) is 43.9 Å². The summed E-state index contributed by atoms with van der Waals surface area (Å²) >= 11 is 12.9. The minimum atomic E-state index is -3.80. The first kappa shape index (κ1) is 38.2. The lowest BCUT2D eigenvalue weighted by Gasteiger charge is -2.24. The largest absolute Gasteiger partial charge is 0.378 e. The van der Waals surface area contributed by atoms with Gasteiger partial charge in [-0.05, 0) is 62.1 Å². The van der Waals surface area contributed by atoms with Crippen LogP contribution in [0.2, 0.25) is 10.2 Å². The summed E-state index contributed by atoms with van der Waals surface area (Å²) in [5.74, 6) is 2.40. The Bertz CT molecular complexity index is 2670. The van der Waals surface area contributed by atoms with Gasteiger partial charge in [0, 0.05) is 29.8 Å². The molecule has 0 spiro atoms. The van der Waals surface area contributed by atoms with Crippen molar-refractivity contribution >= 4 is 55.9 Å². The zero-order valence-electron chi connectivity index (χ0n) is 29.3. The second kappa shape index (κ2) is 13.6. The fraction of sp³-hybridized carbons (Fsp3) is 0.297. The second-order valence-electron chi connectivity index (χ2n) is 13.8. The lowest BCUT2D eigenvalue weighted by molar-refractivity contribution is -0.123. The smallest absolute Gasteiger partial charge is 0.304 e. The molecule has 1 amide bonds. The first-order valence-electron chi connectivity index (χ1n) is 16.5. The van der Waals surface area contributed by atoms with Crippen LogP contribution in [0.15, 0.2) is 42.5 Å². The van der Waals surface area contributed by atoms with Crippen molar-refractivity contribution in [2.75, 3.05) is 11.0 Å². The fourth-order valence-corrected chi connectivity index (χ4v) is 7.81. The van der Waals surface area contributed by atoms with Crippen molar-refractivity contribution in [1.29, 1.82) is 0 Å². The third kappa shape index (κ3) is 7.35. The van der Waals surface area contributed by atoms with Crippen LogP contribution in [0.5, 0.6) is 0 Å². The molecule has 11 nitrogen and oxygen atoms in total. The molecule has 2 aromatic carbocycles. The van der Waals surface area contributed by atoms with Crippen LogP contribution in [0.4, 0.5) is 23.4 Å². The number of hydrogen-bond acceptors (Lipinski definition) is 7. The van der Waals surface area contributed by atoms with E-state index < -0.39 is 69.2 Å². The lowest BCUT2D eigenvalue weighted by Crippen LogP contribution is -2.35. The van der Waals surface area contributed by atoms with Crippen LogP contribution in [0.3, 0.4) is 0 Å². The summed E-state index contributed by atoms with van der Waals surface area (Å²) < 4.78 is 89.0. The van der Waals surface area contributed by atoms with E-state index in [9.17, 15) is 27.1 Å². The van der Waals surface area contributed by atoms with Crippen molar-refractivity contribution in [3.8, 4) is 34.8 Å². The molecule has 0 fully saturated rings. The predicted octanol–water partition coefficient (Wildman–Crippen LogP) is 5.83. The van der Waals surface area contributed by atoms with Crippen LogP contribution in [0.1, 0.15) is 54.0 Å². The molecule has 0 unspecified atom stereocenters. The first-order valence-corrected chi connectivity index (χ1v) is 19.1. The normalized spacial score (nSPS) is 17.3. The van der Waals surface area contributed by atoms with Gasteiger partial charge in [0.05, 0.1) is 39.8 Å². The number of anilines is 1. The van der Waals surface area contributed by atoms with Crippen molar-refractivity contribution in [3.05, 3.63) is 92.5 Å². The van der Waals surface area contributed by atoms with Gasteiger partial charge in [-0.25, -0.2) is 22.2 Å². The molecule has 3 aromatic heterocycles. The molecule has 284 valence electrons. The Kier molecular flexibility index (Phi) is 9.41. The van der Waals surface area contributed by atoms with Crippen LogP contribution in [0.25, 0.3) is 22.0 Å². The van der Waals surface area contributed by atoms with Gasteiger partial charge in [-0.2, -0.15) is 19.0 Å². The number of aromatic nitrogens is 5. The maximum atomic E-state index is 15.5. The minimum Gasteiger partial charge on any atom is -0.378 e. The summed E-state index contributed by atoms with van der Waals surface area (Å²) in [6.07, 6.45) is 0.686. The van der Waals surface area contributed by atoms with Gasteiger partial charge in [-0.1, -0.05) is 47.0 Å². The number of aliphatic hydroxyl groups is 1. The number of pyridine rings is 1. The Labute approximate surface area is 322 Å². The van der Waals surface area contributed by atoms with Gasteiger partial charge in [0.15, 0.2) is 11.0 Å². The van der Waals surface area contributed by atoms with Gasteiger partial charge in [-0.3, -0.25) is 18.9 Å². The molecule has 0 saturated heterocycles. The molecule has 2 aliphatic rings. The number of carbonyl (C=O) groups excluding carboxylic acids is 1. The zero-order chi connectivity index (χ0) is 39.8. The molecule has 2 aliphatic carbocycles. The molecule has 0 aliphatic heterocycles. The average Bonchev–Trinajstić information content (AvgIpc) is 3.58. The number of benzene rings is 2. The van der Waals surface area contributed by atoms with Crippen LogP contribution in [-0.2, 0) is 40.8 Å². The van der Waals surface area contributed by atoms with E-state index in [4.69, 9.17) is 28.2 Å². The highest BCUT2D eigenvalue weighted by Gasteiger charge is 2.60. The molecule has 3 N–H and O–H groups in total. The molecular weight excluding hydrogens is 785 g/mol. The molecule has 5 aromatic rings. The van der Waals surface area contributed by atoms with E-state index in [1.54, 1.807) is 19.2 Å². The number of nitrogens with one attached hydrogen (secondary N) is 2. The molecule has 0 bridgehead atoms. The van der Waals surface area contributed by atoms with Crippen molar-refractivity contribution in [3.63, 3.8) is 0 Å². The summed E-state index contributed by atoms with van der Waals surface area (Å²) in [4.78, 5) is 18.7. The zero-order valence-corrected chi connectivity index (χ0v) is 31.6. The number of nitrogens with zero attached hydrogens (tertiary/aromatic N) is 5. The van der Waals surface area contributed by atoms with Gasteiger partial charge in [-0.15, -0.1) is 0 Å². The monoisotopic (exact) mass is 813 g/mol. The minimum absolute atomic E-state index is 0.0599. The third-order valence-electron chi connectivity index (χ3n) is 8.94. The van der Waals surface area contributed by atoms with Crippen LogP contribution >= 0.6 is 23.2 Å². The number of carbonyl (C=O) groups is 1. The van der Waals surface area contributed by atoms with Crippen molar-refractivity contribution < 1.29 is 35.9 Å². The molecule has 3 heterocycles. The van der Waals surface area contributed by atoms with Crippen LogP contribution in [-0.4, -0.2) is 55.8 Å². The molecule has 18 heteroatoms. The Balaban J connectivity index is 1.38. The van der Waals surface area contributed by atoms with Crippen molar-refractivity contribution in [2.24, 2.45) is 13.0 Å². The summed E-state index contributed by atoms with van der Waals surface area (Å²) in [5, 5.41) is 21.7. The van der Waals surface area contributed by atoms with Gasteiger partial charge in [0.25, 0.3) is 0 Å². The SMILES string of the molecule is Cn1nc(NS(C)(=O)=O)c2c(Cl)ccc(-c3ccc(C#CC(C)(C)O)nc3[C@H](Cc3cc(F)cc(F)c3)NC(=O)Cn3nc(Cl)c4c3C(F)(F)[C@@H]3C#C[C@H]43)c21. The van der Waals surface area contributed by atoms with Crippen molar-refractivity contribution in [1.82, 2.24) is 29.9 Å². The Morgan fingerprint density at radius 1 is 1.09 bits per heavy atom. The Morgan fingerprint density at radius 2 is 1.78 bits per heavy atom. The second-order valence-corrected chi connectivity index (χ2v) is 16.3. The number of hydrogen-bond donors (Lipinski definition) is 3. The molecule has 0 saturated carbocycles. The standard InChI is InChI=1S/C37H29Cl2F4N7O4S/c1-36(2,52)12-11-21-5-6-22(23-8-10-26(38)30-32(23)49(3)47-35(30)48-55(4,53)54)31(44-21)27(15-18-13-19(40)16-20(41)14-18)45-28(51)17-50-33-29(34(39)46-50)24-7-9-25(24)37(33,42)43/h5-6,8,10,13-14,16,24-25,27,52H,15,17H2,1-4H3,(H,45,51)(H,47,48)/t24-,25+,27-/m0/s1. The number of halogens is 6. The lowest BCUT2D eigenvalue weighted by atomic mass is 9.85. The topological polar surface area (TPSA) is 144 Å². The quantitative estimate of drug-likeness (QED) is 0.126. The number of rotatable bonds is 9. The van der Waals surface area contributed by atoms with E-state index in [0.717, 1.165) is 23.1 Å². The summed E-state index contributed by atoms with van der Waals surface area (Å²) in [7, 11) is -2.24. The van der Waals surface area contributed by atoms with E-state index in [-0.39, 0.29) is 50.3 Å². The number of fused-ring (bicyclic) bond motifs is 4. The number of alkyl halides is 2. The number of aryl methyl sites for hydroxylation is 1. The fourth-order valence-electron chi connectivity index (χ4n) is 6.78. The molecule has 3 atom stereocenters. The van der Waals surface area contributed by atoms with Gasteiger partial charge in [0.2, 0.25) is 15.9 Å². The Hall–Kier alpha value is -5.13. The summed E-state index contributed by atoms with van der Waals surface area (Å²) in [6.45, 7) is 2.20. The third-order valence-corrected chi connectivity index (χ3v) is 10.1.